The minimum Gasteiger partial charge on any atom is -0.481 e. The molecule has 2 fully saturated rings. The van der Waals surface area contributed by atoms with Crippen LogP contribution in [-0.2, 0) is 112 Å². The van der Waals surface area contributed by atoms with E-state index in [2.05, 4.69) is 51.8 Å². The zero-order valence-electron chi connectivity index (χ0n) is 77.5. The van der Waals surface area contributed by atoms with E-state index in [4.69, 9.17) is 17.2 Å². The van der Waals surface area contributed by atoms with Crippen LogP contribution in [0.15, 0.2) is 104 Å². The maximum absolute atomic E-state index is 15.9. The van der Waals surface area contributed by atoms with E-state index in [1.165, 1.54) is 62.3 Å². The van der Waals surface area contributed by atoms with Crippen LogP contribution < -0.4 is 49.1 Å². The fourth-order valence-corrected chi connectivity index (χ4v) is 18.2. The van der Waals surface area contributed by atoms with Gasteiger partial charge in [-0.2, -0.15) is 0 Å². The number of aliphatic carboxylic acids is 1. The van der Waals surface area contributed by atoms with E-state index in [1.54, 1.807) is 54.9 Å². The van der Waals surface area contributed by atoms with E-state index in [9.17, 15) is 57.8 Å². The van der Waals surface area contributed by atoms with Crippen LogP contribution in [0.4, 0.5) is 0 Å². The second-order valence-electron chi connectivity index (χ2n) is 35.4. The zero-order chi connectivity index (χ0) is 97.3. The Morgan fingerprint density at radius 2 is 1.11 bits per heavy atom. The summed E-state index contributed by atoms with van der Waals surface area (Å²) >= 11 is 0.780. The first-order valence-electron chi connectivity index (χ1n) is 45.8. The number of hydrogen-bond donors (Lipinski definition) is 13. The van der Waals surface area contributed by atoms with Gasteiger partial charge in [0.25, 0.3) is 0 Å². The SMILES string of the molecule is CCCC[C@H]1C(=O)N(C)[C@@H](CCCC)C(=O)C[C@@H](CCC(=O)O)C(=O)N[C@H](C(=O)NCC(N)=O)CSCC(=O)N[C@@H](Cc2ccccc2)C(=O)N(C)[C@@H](C)C(=O)N[C@@H](CC(N)=O)C(=O)N2CCC[C@H]2C(=O)C[C@@H](Cc2cnc[nH]2)C(=O)C[C@@H](CC(C)C)C(=O)N(C)CC(=O)N[C@@H](Cc2c[nH]c3ccccc23)C(=O)C[C@@H](CCCCN)C(=O)N[C@@H](Cc2c[nH]c3ccccc23)C(=O)N1C. The summed E-state index contributed by atoms with van der Waals surface area (Å²) in [5.74, 6) is -20.8. The number of hydrogen-bond acceptors (Lipinski definition) is 21. The number of imidazole rings is 1. The lowest BCUT2D eigenvalue weighted by Crippen LogP contribution is -2.58. The molecule has 6 aromatic rings. The number of nitrogens with one attached hydrogen (secondary N) is 9. The van der Waals surface area contributed by atoms with Crippen LogP contribution in [0.1, 0.15) is 179 Å². The number of carboxylic acids is 1. The zero-order valence-corrected chi connectivity index (χ0v) is 78.3. The number of likely N-dealkylation sites (N-methyl/N-ethyl adjacent to an activating group) is 4. The van der Waals surface area contributed by atoms with Crippen molar-refractivity contribution in [2.75, 3.05) is 65.9 Å². The molecule has 0 radical (unpaired) electrons. The summed E-state index contributed by atoms with van der Waals surface area (Å²) in [5.41, 5.74) is 20.9. The van der Waals surface area contributed by atoms with Gasteiger partial charge >= 0.3 is 5.97 Å². The Morgan fingerprint density at radius 1 is 0.549 bits per heavy atom. The molecule has 2 aliphatic heterocycles. The van der Waals surface area contributed by atoms with Gasteiger partial charge in [0.2, 0.25) is 76.8 Å². The number of para-hydroxylation sites is 2. The molecule has 3 aromatic carbocycles. The van der Waals surface area contributed by atoms with Gasteiger partial charge in [-0.25, -0.2) is 4.98 Å². The number of ketones is 4. The molecule has 0 saturated carbocycles. The third-order valence-electron chi connectivity index (χ3n) is 24.8. The number of aromatic amines is 3. The van der Waals surface area contributed by atoms with Gasteiger partial charge in [0.05, 0.1) is 49.7 Å². The van der Waals surface area contributed by atoms with E-state index in [0.717, 1.165) is 32.5 Å². The highest BCUT2D eigenvalue weighted by atomic mass is 32.2. The Labute approximate surface area is 778 Å². The van der Waals surface area contributed by atoms with Crippen molar-refractivity contribution in [1.82, 2.24) is 76.3 Å². The van der Waals surface area contributed by atoms with Crippen molar-refractivity contribution in [3.05, 3.63) is 126 Å². The van der Waals surface area contributed by atoms with Crippen molar-refractivity contribution in [2.45, 2.75) is 237 Å². The van der Waals surface area contributed by atoms with Gasteiger partial charge in [0, 0.05) is 162 Å². The molecule has 722 valence electrons. The smallest absolute Gasteiger partial charge is 0.303 e. The summed E-state index contributed by atoms with van der Waals surface area (Å²) in [7, 11) is 5.44. The standard InChI is InChI=1S/C95H132N18O19S/c1-10-12-31-75-80(116)44-60(34-35-86(122)123)89(126)108-74(90(127)102-51-83(98)119)53-133-54-85(121)105-71(39-58-24-15-14-16-25-58)92(129)110(7)57(5)87(124)106-73(47-82(97)118)94(131)113-37-23-33-76(113)81(117)45-61(40-65-50-99-55-103-65)78(114)46-62(38-56(3)4)91(128)109(6)52-84(120)104-70(41-63-48-100-68-29-19-17-27-66(63)68)79(115)43-59(26-21-22-36-96)88(125)107-72(42-64-49-101-69-30-20-18-28-67(64)69)93(130)112(9)77(32-13-11-2)95(132)111(75)8/h14-20,24-25,27-30,48-50,55-57,59-62,70-77,100-101H,10-13,21-23,26,31-47,51-54,96H2,1-9H3,(H2,97,118)(H2,98,119)(H,99,103)(H,102,127)(H,104,120)(H,105,121)(H,106,124)(H,107,125)(H,108,126)(H,122,123)/t57-,59+,60+,61+,62+,70-,71-,72-,73-,74-,75-,76-,77-/m0/s1. The molecule has 13 atom stereocenters. The molecule has 133 heavy (non-hydrogen) atoms. The highest BCUT2D eigenvalue weighted by Gasteiger charge is 2.44. The number of carboxylic acid groups (broad SMARTS) is 1. The minimum atomic E-state index is -1.70. The number of carbonyl (C=O) groups is 18. The summed E-state index contributed by atoms with van der Waals surface area (Å²) in [6.07, 6.45) is 4.97. The maximum atomic E-state index is 15.9. The number of rotatable bonds is 28. The predicted octanol–water partition coefficient (Wildman–Crippen LogP) is 3.96. The summed E-state index contributed by atoms with van der Waals surface area (Å²) in [4.78, 5) is 282. The molecule has 0 spiro atoms. The summed E-state index contributed by atoms with van der Waals surface area (Å²) in [5, 5.41) is 27.6. The number of thioether (sulfide) groups is 1. The number of amides is 13. The third kappa shape index (κ3) is 31.3. The van der Waals surface area contributed by atoms with Gasteiger partial charge in [-0.15, -0.1) is 11.8 Å². The normalized spacial score (nSPS) is 23.7. The number of H-pyrrole nitrogens is 3. The summed E-state index contributed by atoms with van der Waals surface area (Å²) in [6, 6.07) is 10.2. The Bertz CT molecular complexity index is 5060. The Hall–Kier alpha value is -12.5. The highest BCUT2D eigenvalue weighted by molar-refractivity contribution is 8.00. The largest absolute Gasteiger partial charge is 0.481 e. The summed E-state index contributed by atoms with van der Waals surface area (Å²) in [6.45, 7) is 7.58. The van der Waals surface area contributed by atoms with Gasteiger partial charge in [0.15, 0.2) is 17.3 Å². The molecule has 37 nitrogen and oxygen atoms in total. The maximum Gasteiger partial charge on any atom is 0.303 e. The van der Waals surface area contributed by atoms with Crippen LogP contribution >= 0.6 is 11.8 Å². The fourth-order valence-electron chi connectivity index (χ4n) is 17.3. The number of nitrogens with zero attached hydrogens (tertiary/aromatic N) is 6. The van der Waals surface area contributed by atoms with Gasteiger partial charge in [0.1, 0.15) is 42.0 Å². The molecule has 16 N–H and O–H groups in total. The van der Waals surface area contributed by atoms with Crippen LogP contribution in [0, 0.1) is 29.6 Å². The van der Waals surface area contributed by atoms with Crippen molar-refractivity contribution < 1.29 is 91.4 Å². The van der Waals surface area contributed by atoms with Crippen LogP contribution in [0.25, 0.3) is 21.8 Å². The molecule has 5 heterocycles. The molecule has 0 aliphatic carbocycles. The minimum absolute atomic E-state index is 0.0248. The molecule has 38 heteroatoms. The first-order chi connectivity index (χ1) is 63.4. The lowest BCUT2D eigenvalue weighted by atomic mass is 9.83. The monoisotopic (exact) mass is 1860 g/mol. The molecule has 2 aliphatic rings. The first-order valence-corrected chi connectivity index (χ1v) is 47.0. The second-order valence-corrected chi connectivity index (χ2v) is 36.5. The molecule has 0 bridgehead atoms. The van der Waals surface area contributed by atoms with E-state index in [0.29, 0.717) is 71.8 Å². The molecule has 8 rings (SSSR count). The number of benzene rings is 3. The molecule has 2 saturated heterocycles. The van der Waals surface area contributed by atoms with Gasteiger partial charge in [-0.1, -0.05) is 127 Å². The fraction of sp³-hybridized carbons (Fsp3) is 0.547. The van der Waals surface area contributed by atoms with Gasteiger partial charge in [-0.05, 0) is 106 Å². The molecular weight excluding hydrogens is 1730 g/mol. The lowest BCUT2D eigenvalue weighted by molar-refractivity contribution is -0.149. The number of aromatic nitrogens is 4. The lowest BCUT2D eigenvalue weighted by Gasteiger charge is -2.36. The number of nitrogens with two attached hydrogens (primary N) is 3. The van der Waals surface area contributed by atoms with Crippen molar-refractivity contribution in [2.24, 2.45) is 46.8 Å². The average Bonchev–Trinajstić information content (AvgIpc) is 1.73. The number of unbranched alkanes of at least 4 members (excludes halogenated alkanes) is 3. The van der Waals surface area contributed by atoms with Crippen molar-refractivity contribution in [1.29, 1.82) is 0 Å². The first kappa shape index (κ1) is 106. The van der Waals surface area contributed by atoms with E-state index < -0.39 is 253 Å². The Balaban J connectivity index is 1.19. The Morgan fingerprint density at radius 3 is 1.72 bits per heavy atom. The Kier molecular flexibility index (Phi) is 41.5. The number of carbonyl (C=O) groups excluding carboxylic acids is 17. The topological polar surface area (TPSA) is 554 Å². The number of fused-ring (bicyclic) bond motifs is 3. The summed E-state index contributed by atoms with van der Waals surface area (Å²) < 4.78 is 0. The van der Waals surface area contributed by atoms with Crippen LogP contribution in [0.3, 0.4) is 0 Å². The van der Waals surface area contributed by atoms with E-state index in [-0.39, 0.29) is 83.2 Å². The second kappa shape index (κ2) is 52.1. The van der Waals surface area contributed by atoms with Crippen LogP contribution in [-0.4, -0.2) is 276 Å². The predicted molar refractivity (Wildman–Crippen MR) is 498 cm³/mol. The van der Waals surface area contributed by atoms with Crippen molar-refractivity contribution in [3.63, 3.8) is 0 Å². The third-order valence-corrected chi connectivity index (χ3v) is 25.8. The van der Waals surface area contributed by atoms with Crippen molar-refractivity contribution in [3.8, 4) is 0 Å². The quantitative estimate of drug-likeness (QED) is 0.0309. The molecule has 3 aromatic heterocycles. The van der Waals surface area contributed by atoms with Gasteiger partial charge in [-0.3, -0.25) is 86.3 Å². The molecule has 13 amide bonds. The number of primary amides is 2. The highest BCUT2D eigenvalue weighted by Crippen LogP contribution is 2.31. The van der Waals surface area contributed by atoms with E-state index in [1.807, 2.05) is 64.1 Å². The van der Waals surface area contributed by atoms with Gasteiger partial charge < -0.3 is 93.7 Å². The van der Waals surface area contributed by atoms with Crippen molar-refractivity contribution >= 4 is 139 Å². The van der Waals surface area contributed by atoms with Crippen LogP contribution in [0.2, 0.25) is 0 Å². The average molecular weight is 1860 g/mol. The van der Waals surface area contributed by atoms with Crippen LogP contribution in [0.5, 0.6) is 0 Å². The molecular formula is C95H132N18O19S. The number of Topliss-reactive ketones (excluding diaryl/α,β-unsaturated/α-hetero) is 4. The van der Waals surface area contributed by atoms with E-state index >= 15 is 33.6 Å². The molecule has 0 unspecified atom stereocenters.